The molecule has 0 fully saturated rings. The zero-order chi connectivity index (χ0) is 10.4. The molecule has 0 aromatic carbocycles. The highest BCUT2D eigenvalue weighted by atomic mass is 16.4. The lowest BCUT2D eigenvalue weighted by Gasteiger charge is -1.88. The Kier molecular flexibility index (Phi) is 1.42. The topological polar surface area (TPSA) is 91.2 Å². The molecule has 76 valence electrons. The number of aryl methyl sites for hydroxylation is 1. The monoisotopic (exact) mass is 205 g/mol. The molecule has 0 aliphatic heterocycles. The fourth-order valence-electron chi connectivity index (χ4n) is 1.37. The second kappa shape index (κ2) is 2.63. The minimum absolute atomic E-state index is 0.209. The number of rotatable bonds is 1. The number of nitrogens with zero attached hydrogens (tertiary/aromatic N) is 2. The van der Waals surface area contributed by atoms with Gasteiger partial charge in [-0.1, -0.05) is 0 Å². The van der Waals surface area contributed by atoms with E-state index in [9.17, 15) is 0 Å². The molecule has 0 saturated carbocycles. The molecule has 0 amide bonds. The molecule has 0 saturated heterocycles. The fourth-order valence-corrected chi connectivity index (χ4v) is 1.37. The van der Waals surface area contributed by atoms with E-state index in [0.717, 1.165) is 5.69 Å². The van der Waals surface area contributed by atoms with Crippen LogP contribution in [0.15, 0.2) is 25.9 Å². The van der Waals surface area contributed by atoms with Crippen molar-refractivity contribution in [3.63, 3.8) is 0 Å². The van der Waals surface area contributed by atoms with Crippen LogP contribution in [0.25, 0.3) is 22.8 Å². The Morgan fingerprint density at radius 3 is 2.87 bits per heavy atom. The Labute approximate surface area is 83.7 Å². The zero-order valence-corrected chi connectivity index (χ0v) is 7.85. The van der Waals surface area contributed by atoms with E-state index in [0.29, 0.717) is 22.8 Å². The number of nitrogens with two attached hydrogens (primary N) is 1. The van der Waals surface area contributed by atoms with E-state index in [1.807, 2.05) is 0 Å². The molecule has 0 bridgehead atoms. The van der Waals surface area contributed by atoms with Crippen LogP contribution in [0, 0.1) is 6.92 Å². The predicted molar refractivity (Wildman–Crippen MR) is 50.9 cm³/mol. The number of hydrogen-bond acceptors (Lipinski definition) is 6. The van der Waals surface area contributed by atoms with Gasteiger partial charge in [-0.25, -0.2) is 9.97 Å². The Hall–Kier alpha value is -2.24. The Morgan fingerprint density at radius 2 is 2.20 bits per heavy atom. The maximum absolute atomic E-state index is 5.53. The van der Waals surface area contributed by atoms with E-state index in [1.165, 1.54) is 12.7 Å². The molecule has 6 nitrogen and oxygen atoms in total. The highest BCUT2D eigenvalue weighted by Crippen LogP contribution is 2.30. The van der Waals surface area contributed by atoms with Gasteiger partial charge in [-0.05, 0) is 6.92 Å². The number of anilines is 1. The van der Waals surface area contributed by atoms with Crippen LogP contribution < -0.4 is 5.73 Å². The Bertz CT molecular complexity index is 619. The van der Waals surface area contributed by atoms with Crippen molar-refractivity contribution in [3.05, 3.63) is 18.4 Å². The fraction of sp³-hybridized carbons (Fsp3) is 0.111. The van der Waals surface area contributed by atoms with Gasteiger partial charge in [0.05, 0.1) is 5.69 Å². The van der Waals surface area contributed by atoms with Gasteiger partial charge in [-0.2, -0.15) is 0 Å². The van der Waals surface area contributed by atoms with E-state index < -0.39 is 0 Å². The summed E-state index contributed by atoms with van der Waals surface area (Å²) >= 11 is 0. The molecule has 0 aliphatic rings. The maximum atomic E-state index is 5.53. The van der Waals surface area contributed by atoms with Gasteiger partial charge in [-0.3, -0.25) is 0 Å². The van der Waals surface area contributed by atoms with Gasteiger partial charge < -0.3 is 19.0 Å². The van der Waals surface area contributed by atoms with Crippen LogP contribution in [0.5, 0.6) is 0 Å². The maximum Gasteiger partial charge on any atom is 0.266 e. The summed E-state index contributed by atoms with van der Waals surface area (Å²) in [7, 11) is 0. The molecule has 0 unspecified atom stereocenters. The molecule has 15 heavy (non-hydrogen) atoms. The summed E-state index contributed by atoms with van der Waals surface area (Å²) in [6.07, 6.45) is 2.77. The summed E-state index contributed by atoms with van der Waals surface area (Å²) in [5.41, 5.74) is 7.25. The van der Waals surface area contributed by atoms with Crippen LogP contribution >= 0.6 is 0 Å². The van der Waals surface area contributed by atoms with Crippen molar-refractivity contribution in [1.29, 1.82) is 0 Å². The summed E-state index contributed by atoms with van der Waals surface area (Å²) in [6.45, 7) is 1.81. The molecule has 0 radical (unpaired) electrons. The van der Waals surface area contributed by atoms with Crippen molar-refractivity contribution in [2.75, 3.05) is 5.73 Å². The number of oxazole rings is 2. The third-order valence-electron chi connectivity index (χ3n) is 2.11. The molecular formula is C9H7N3O3. The number of aromatic nitrogens is 2. The van der Waals surface area contributed by atoms with E-state index in [4.69, 9.17) is 19.0 Å². The summed E-state index contributed by atoms with van der Waals surface area (Å²) in [6, 6.07) is 0. The molecule has 0 spiro atoms. The van der Waals surface area contributed by atoms with Gasteiger partial charge in [0.1, 0.15) is 6.26 Å². The highest BCUT2D eigenvalue weighted by molar-refractivity contribution is 5.83. The van der Waals surface area contributed by atoms with Gasteiger partial charge >= 0.3 is 0 Å². The molecule has 3 aromatic rings. The molecule has 3 heterocycles. The Morgan fingerprint density at radius 1 is 1.33 bits per heavy atom. The lowest BCUT2D eigenvalue weighted by atomic mass is 10.4. The Balaban J connectivity index is 2.24. The minimum Gasteiger partial charge on any atom is -0.443 e. The molecule has 6 heteroatoms. The van der Waals surface area contributed by atoms with Crippen molar-refractivity contribution in [2.24, 2.45) is 0 Å². The van der Waals surface area contributed by atoms with Gasteiger partial charge in [0.2, 0.25) is 17.2 Å². The first-order chi connectivity index (χ1) is 7.25. The normalized spacial score (nSPS) is 11.3. The van der Waals surface area contributed by atoms with Crippen molar-refractivity contribution in [3.8, 4) is 11.7 Å². The largest absolute Gasteiger partial charge is 0.443 e. The molecule has 3 aromatic heterocycles. The lowest BCUT2D eigenvalue weighted by molar-refractivity contribution is 0.522. The quantitative estimate of drug-likeness (QED) is 0.652. The molecule has 0 aliphatic carbocycles. The van der Waals surface area contributed by atoms with Gasteiger partial charge in [0, 0.05) is 0 Å². The van der Waals surface area contributed by atoms with E-state index in [1.54, 1.807) is 6.92 Å². The van der Waals surface area contributed by atoms with E-state index in [2.05, 4.69) is 9.97 Å². The van der Waals surface area contributed by atoms with Crippen molar-refractivity contribution in [2.45, 2.75) is 6.92 Å². The summed E-state index contributed by atoms with van der Waals surface area (Å²) in [4.78, 5) is 8.11. The predicted octanol–water partition coefficient (Wildman–Crippen LogP) is 1.97. The van der Waals surface area contributed by atoms with E-state index in [-0.39, 0.29) is 5.88 Å². The molecule has 2 N–H and O–H groups in total. The average molecular weight is 205 g/mol. The number of nitrogen functional groups attached to an aromatic ring is 1. The smallest absolute Gasteiger partial charge is 0.266 e. The molecule has 0 atom stereocenters. The summed E-state index contributed by atoms with van der Waals surface area (Å²) in [5.74, 6) is 1.07. The van der Waals surface area contributed by atoms with Crippen LogP contribution in [0.3, 0.4) is 0 Å². The number of hydrogen-bond donors (Lipinski definition) is 1. The van der Waals surface area contributed by atoms with Crippen LogP contribution in [-0.2, 0) is 0 Å². The zero-order valence-electron chi connectivity index (χ0n) is 7.85. The minimum atomic E-state index is 0.209. The first-order valence-corrected chi connectivity index (χ1v) is 4.29. The highest BCUT2D eigenvalue weighted by Gasteiger charge is 2.17. The van der Waals surface area contributed by atoms with Crippen LogP contribution in [0.2, 0.25) is 0 Å². The molecular weight excluding hydrogens is 198 g/mol. The average Bonchev–Trinajstić information content (AvgIpc) is 2.84. The van der Waals surface area contributed by atoms with Gasteiger partial charge in [0.25, 0.3) is 5.89 Å². The SMILES string of the molecule is Cc1ncoc1-c1nc2coc(N)c2o1. The van der Waals surface area contributed by atoms with Gasteiger partial charge in [0.15, 0.2) is 11.9 Å². The van der Waals surface area contributed by atoms with Crippen LogP contribution in [0.1, 0.15) is 5.69 Å². The third kappa shape index (κ3) is 1.04. The van der Waals surface area contributed by atoms with Crippen molar-refractivity contribution < 1.29 is 13.3 Å². The first-order valence-electron chi connectivity index (χ1n) is 4.29. The van der Waals surface area contributed by atoms with E-state index >= 15 is 0 Å². The van der Waals surface area contributed by atoms with Crippen molar-refractivity contribution in [1.82, 2.24) is 9.97 Å². The molecule has 3 rings (SSSR count). The van der Waals surface area contributed by atoms with Crippen LogP contribution in [0.4, 0.5) is 5.88 Å². The van der Waals surface area contributed by atoms with Crippen LogP contribution in [-0.4, -0.2) is 9.97 Å². The second-order valence-corrected chi connectivity index (χ2v) is 3.10. The summed E-state index contributed by atoms with van der Waals surface area (Å²) < 4.78 is 15.5. The van der Waals surface area contributed by atoms with Crippen molar-refractivity contribution >= 4 is 17.0 Å². The lowest BCUT2D eigenvalue weighted by Crippen LogP contribution is -1.79. The standard InChI is InChI=1S/C9H7N3O3/c1-4-6(14-3-11-4)9-12-5-2-13-8(10)7(5)15-9/h2-3H,10H2,1H3. The van der Waals surface area contributed by atoms with Gasteiger partial charge in [-0.15, -0.1) is 0 Å². The number of furan rings is 1. The second-order valence-electron chi connectivity index (χ2n) is 3.10. The first kappa shape index (κ1) is 8.10. The third-order valence-corrected chi connectivity index (χ3v) is 2.11. The number of fused-ring (bicyclic) bond motifs is 1. The summed E-state index contributed by atoms with van der Waals surface area (Å²) in [5, 5.41) is 0.